The first kappa shape index (κ1) is 45.7. The monoisotopic (exact) mass is 917 g/mol. The molecule has 0 nitrogen and oxygen atoms in total. The second kappa shape index (κ2) is 19.9. The van der Waals surface area contributed by atoms with E-state index < -0.39 is 20.8 Å². The summed E-state index contributed by atoms with van der Waals surface area (Å²) in [5, 5.41) is 8.32. The van der Waals surface area contributed by atoms with Crippen LogP contribution in [0, 0.1) is 19.9 Å². The third-order valence-corrected chi connectivity index (χ3v) is 12.7. The van der Waals surface area contributed by atoms with Gasteiger partial charge < -0.3 is 0 Å². The molecule has 0 bridgehead atoms. The molecule has 0 aliphatic carbocycles. The molecule has 0 amide bonds. The van der Waals surface area contributed by atoms with Crippen LogP contribution in [0.25, 0.3) is 54.9 Å². The fraction of sp³-hybridized carbons (Fsp3) is 0.250. The molecule has 4 heteroatoms. The molecule has 0 saturated carbocycles. The summed E-state index contributed by atoms with van der Waals surface area (Å²) in [6.07, 6.45) is 2.13. The summed E-state index contributed by atoms with van der Waals surface area (Å²) in [7, 11) is 10.7. The van der Waals surface area contributed by atoms with Crippen LogP contribution < -0.4 is 10.4 Å². The molecule has 0 unspecified atom stereocenters. The van der Waals surface area contributed by atoms with Crippen molar-refractivity contribution in [1.29, 1.82) is 0 Å². The maximum absolute atomic E-state index is 4.93. The first-order chi connectivity index (χ1) is 28.7. The van der Waals surface area contributed by atoms with Gasteiger partial charge in [0.25, 0.3) is 0 Å². The normalized spacial score (nSPS) is 11.7. The predicted octanol–water partition coefficient (Wildman–Crippen LogP) is 15.3. The summed E-state index contributed by atoms with van der Waals surface area (Å²) in [5.41, 5.74) is 17.1. The van der Waals surface area contributed by atoms with Crippen LogP contribution in [0.15, 0.2) is 140 Å². The predicted molar refractivity (Wildman–Crippen MR) is 263 cm³/mol. The Balaban J connectivity index is 0.000000150. The molecule has 306 valence electrons. The molecule has 9 rings (SSSR count). The van der Waals surface area contributed by atoms with Gasteiger partial charge in [-0.15, -0.1) is 74.6 Å². The zero-order valence-electron chi connectivity index (χ0n) is 36.9. The molecule has 60 heavy (non-hydrogen) atoms. The van der Waals surface area contributed by atoms with Crippen LogP contribution in [0.1, 0.15) is 88.8 Å². The number of hydrogen-bond acceptors (Lipinski definition) is 0. The van der Waals surface area contributed by atoms with Crippen molar-refractivity contribution in [2.45, 2.75) is 92.9 Å². The molecule has 2 radical (unpaired) electrons. The SMILES string of the molecule is CCc1ccccc1-c1c(C(C)(C)C)ccc2[cH-]c(C)cc12.CCc1ccccc1-c1c(C(C)(C)C)ccc2[cH-]c(C)cc12.[Cl][Zr][Cl].[c-]1cccc2c1[Si]c1ccccc1-2. The molecule has 0 atom stereocenters. The molecule has 1 aliphatic rings. The minimum absolute atomic E-state index is 0.134. The maximum Gasteiger partial charge on any atom is 0.0920 e. The number of benzene rings is 6. The Bertz CT molecular complexity index is 2510. The number of rotatable bonds is 4. The van der Waals surface area contributed by atoms with E-state index in [0.29, 0.717) is 0 Å². The number of aryl methyl sites for hydroxylation is 4. The second-order valence-electron chi connectivity index (χ2n) is 17.8. The Morgan fingerprint density at radius 1 is 0.550 bits per heavy atom. The summed E-state index contributed by atoms with van der Waals surface area (Å²) < 4.78 is 0. The third kappa shape index (κ3) is 10.3. The van der Waals surface area contributed by atoms with Gasteiger partial charge in [-0.3, -0.25) is 0 Å². The molecule has 0 N–H and O–H groups in total. The van der Waals surface area contributed by atoms with E-state index in [-0.39, 0.29) is 10.8 Å². The zero-order chi connectivity index (χ0) is 43.2. The van der Waals surface area contributed by atoms with Gasteiger partial charge in [-0.1, -0.05) is 175 Å². The quantitative estimate of drug-likeness (QED) is 0.122. The van der Waals surface area contributed by atoms with E-state index in [2.05, 4.69) is 209 Å². The smallest absolute Gasteiger partial charge is 0.0920 e. The summed E-state index contributed by atoms with van der Waals surface area (Å²) >= 11 is -0.826. The van der Waals surface area contributed by atoms with Crippen molar-refractivity contribution in [3.63, 3.8) is 0 Å². The van der Waals surface area contributed by atoms with E-state index in [1.165, 1.54) is 98.7 Å². The van der Waals surface area contributed by atoms with Crippen molar-refractivity contribution in [1.82, 2.24) is 0 Å². The van der Waals surface area contributed by atoms with Crippen molar-refractivity contribution >= 4 is 58.5 Å². The standard InChI is InChI=1S/2C22H25.C12H7Si.2ClH.Zr/c2*1-6-16-9-7-8-10-18(16)21-19-14-15(2)13-17(19)11-12-20(21)22(3,4)5;1-3-7-11-9(5-1)10-6-2-4-8-12(10)13-11;;;/h2*7-14H,6H2,1-5H3;1-7H;2*1H;/q3*-1;;;+2/p-2. The fourth-order valence-electron chi connectivity index (χ4n) is 8.56. The van der Waals surface area contributed by atoms with Gasteiger partial charge in [0.2, 0.25) is 0 Å². The molecular weight excluding hydrogens is 863 g/mol. The van der Waals surface area contributed by atoms with Crippen molar-refractivity contribution in [3.05, 3.63) is 179 Å². The number of halogens is 2. The largest absolute Gasteiger partial charge is 0.184 e. The topological polar surface area (TPSA) is 0 Å². The molecule has 8 aromatic rings. The first-order valence-corrected chi connectivity index (χ1v) is 28.4. The number of fused-ring (bicyclic) bond motifs is 5. The van der Waals surface area contributed by atoms with E-state index >= 15 is 0 Å². The van der Waals surface area contributed by atoms with Crippen molar-refractivity contribution < 1.29 is 20.8 Å². The average Bonchev–Trinajstić information content (AvgIpc) is 3.93. The van der Waals surface area contributed by atoms with E-state index in [1.54, 1.807) is 0 Å². The zero-order valence-corrected chi connectivity index (χ0v) is 41.9. The first-order valence-electron chi connectivity index (χ1n) is 21.1. The van der Waals surface area contributed by atoms with Crippen LogP contribution in [-0.4, -0.2) is 9.52 Å². The molecule has 1 aliphatic heterocycles. The Labute approximate surface area is 381 Å². The summed E-state index contributed by atoms with van der Waals surface area (Å²) in [5.74, 6) is 0. The summed E-state index contributed by atoms with van der Waals surface area (Å²) in [6, 6.07) is 54.3. The van der Waals surface area contributed by atoms with Gasteiger partial charge in [0, 0.05) is 0 Å². The van der Waals surface area contributed by atoms with Gasteiger partial charge >= 0.3 is 37.9 Å². The Morgan fingerprint density at radius 3 is 1.42 bits per heavy atom. The minimum Gasteiger partial charge on any atom is -0.184 e. The average molecular weight is 920 g/mol. The van der Waals surface area contributed by atoms with Crippen molar-refractivity contribution in [2.75, 3.05) is 0 Å². The molecule has 0 aromatic heterocycles. The summed E-state index contributed by atoms with van der Waals surface area (Å²) in [4.78, 5) is 0. The third-order valence-electron chi connectivity index (χ3n) is 11.4. The molecule has 0 spiro atoms. The van der Waals surface area contributed by atoms with Gasteiger partial charge in [-0.05, 0) is 45.9 Å². The minimum atomic E-state index is -0.826. The molecular formula is C56H57Cl2SiZr-3. The Morgan fingerprint density at radius 2 is 0.967 bits per heavy atom. The van der Waals surface area contributed by atoms with Crippen LogP contribution in [0.3, 0.4) is 0 Å². The van der Waals surface area contributed by atoms with E-state index in [0.717, 1.165) is 22.4 Å². The van der Waals surface area contributed by atoms with Crippen LogP contribution in [0.5, 0.6) is 0 Å². The van der Waals surface area contributed by atoms with E-state index in [4.69, 9.17) is 17.0 Å². The van der Waals surface area contributed by atoms with Gasteiger partial charge in [0.15, 0.2) is 0 Å². The van der Waals surface area contributed by atoms with E-state index in [9.17, 15) is 0 Å². The van der Waals surface area contributed by atoms with Gasteiger partial charge in [0.1, 0.15) is 0 Å². The van der Waals surface area contributed by atoms with Gasteiger partial charge in [0.05, 0.1) is 9.52 Å². The van der Waals surface area contributed by atoms with Crippen LogP contribution in [0.4, 0.5) is 0 Å². The van der Waals surface area contributed by atoms with Crippen LogP contribution in [0.2, 0.25) is 0 Å². The van der Waals surface area contributed by atoms with Gasteiger partial charge in [-0.2, -0.15) is 41.6 Å². The van der Waals surface area contributed by atoms with Crippen LogP contribution >= 0.6 is 17.0 Å². The van der Waals surface area contributed by atoms with Gasteiger partial charge in [-0.25, -0.2) is 0 Å². The Kier molecular flexibility index (Phi) is 15.2. The fourth-order valence-corrected chi connectivity index (χ4v) is 9.87. The van der Waals surface area contributed by atoms with Crippen LogP contribution in [-0.2, 0) is 44.5 Å². The summed E-state index contributed by atoms with van der Waals surface area (Å²) in [6.45, 7) is 22.7. The number of hydrogen-bond donors (Lipinski definition) is 0. The Hall–Kier alpha value is -3.78. The second-order valence-corrected chi connectivity index (χ2v) is 22.8. The van der Waals surface area contributed by atoms with E-state index in [1.807, 2.05) is 6.07 Å². The molecule has 8 aromatic carbocycles. The molecule has 0 saturated heterocycles. The molecule has 1 heterocycles. The maximum atomic E-state index is 4.93. The van der Waals surface area contributed by atoms with Crippen molar-refractivity contribution in [2.24, 2.45) is 0 Å². The molecule has 0 fully saturated rings. The van der Waals surface area contributed by atoms with Crippen molar-refractivity contribution in [3.8, 4) is 33.4 Å².